The van der Waals surface area contributed by atoms with Crippen LogP contribution in [0.2, 0.25) is 0 Å². The Kier molecular flexibility index (Phi) is 2.39. The molecule has 2 rings (SSSR count). The molecule has 0 aliphatic heterocycles. The number of hydrogen-bond donors (Lipinski definition) is 1. The second-order valence-corrected chi connectivity index (χ2v) is 3.88. The van der Waals surface area contributed by atoms with Crippen molar-refractivity contribution in [2.75, 3.05) is 0 Å². The summed E-state index contributed by atoms with van der Waals surface area (Å²) in [5.41, 5.74) is 0.752. The summed E-state index contributed by atoms with van der Waals surface area (Å²) >= 11 is 1.49. The van der Waals surface area contributed by atoms with Crippen LogP contribution in [0.4, 0.5) is 0 Å². The van der Waals surface area contributed by atoms with E-state index in [-0.39, 0.29) is 5.75 Å². The molecule has 0 radical (unpaired) electrons. The molecule has 0 bridgehead atoms. The summed E-state index contributed by atoms with van der Waals surface area (Å²) in [6.45, 7) is 0. The van der Waals surface area contributed by atoms with Crippen molar-refractivity contribution in [2.24, 2.45) is 0 Å². The maximum Gasteiger partial charge on any atom is 0.235 e. The van der Waals surface area contributed by atoms with Gasteiger partial charge in [0.25, 0.3) is 0 Å². The van der Waals surface area contributed by atoms with Crippen molar-refractivity contribution in [1.29, 1.82) is 0 Å². The average molecular weight is 221 g/mol. The van der Waals surface area contributed by atoms with E-state index in [4.69, 9.17) is 0 Å². The number of nitrogens with zero attached hydrogens (tertiary/aromatic N) is 1. The van der Waals surface area contributed by atoms with E-state index in [1.807, 2.05) is 5.38 Å². The van der Waals surface area contributed by atoms with Crippen LogP contribution < -0.4 is 0 Å². The highest BCUT2D eigenvalue weighted by Crippen LogP contribution is 2.29. The van der Waals surface area contributed by atoms with Crippen LogP contribution in [0, 0.1) is 10.1 Å². The fourth-order valence-corrected chi connectivity index (χ4v) is 2.22. The molecule has 76 valence electrons. The Bertz CT molecular complexity index is 545. The van der Waals surface area contributed by atoms with E-state index in [2.05, 4.69) is 0 Å². The number of nitro groups is 1. The minimum absolute atomic E-state index is 0.164. The van der Waals surface area contributed by atoms with Crippen LogP contribution in [0.25, 0.3) is 16.2 Å². The number of aromatic hydroxyl groups is 1. The first-order valence-corrected chi connectivity index (χ1v) is 5.07. The summed E-state index contributed by atoms with van der Waals surface area (Å²) < 4.78 is 0.996. The summed E-state index contributed by atoms with van der Waals surface area (Å²) in [7, 11) is 0. The van der Waals surface area contributed by atoms with Gasteiger partial charge in [0, 0.05) is 16.2 Å². The fraction of sp³-hybridized carbons (Fsp3) is 0. The van der Waals surface area contributed by atoms with Crippen LogP contribution in [0.1, 0.15) is 5.56 Å². The topological polar surface area (TPSA) is 63.4 Å². The Hall–Kier alpha value is -1.88. The molecule has 0 atom stereocenters. The predicted molar refractivity (Wildman–Crippen MR) is 59.5 cm³/mol. The smallest absolute Gasteiger partial charge is 0.235 e. The van der Waals surface area contributed by atoms with Gasteiger partial charge in [-0.3, -0.25) is 10.1 Å². The summed E-state index contributed by atoms with van der Waals surface area (Å²) in [6.07, 6.45) is 2.32. The van der Waals surface area contributed by atoms with Gasteiger partial charge in [0.1, 0.15) is 5.75 Å². The van der Waals surface area contributed by atoms with Gasteiger partial charge in [0.05, 0.1) is 4.92 Å². The van der Waals surface area contributed by atoms with Gasteiger partial charge in [0.2, 0.25) is 6.20 Å². The molecule has 0 aliphatic carbocycles. The third kappa shape index (κ3) is 1.97. The molecular formula is C10H7NO3S. The molecule has 2 aromatic rings. The van der Waals surface area contributed by atoms with Crippen LogP contribution >= 0.6 is 11.3 Å². The number of rotatable bonds is 2. The molecule has 0 amide bonds. The lowest BCUT2D eigenvalue weighted by atomic mass is 10.1. The molecule has 1 heterocycles. The van der Waals surface area contributed by atoms with E-state index >= 15 is 0 Å². The molecule has 15 heavy (non-hydrogen) atoms. The highest BCUT2D eigenvalue weighted by atomic mass is 32.1. The molecular weight excluding hydrogens is 214 g/mol. The molecule has 0 spiro atoms. The Morgan fingerprint density at radius 2 is 2.27 bits per heavy atom. The maximum atomic E-state index is 10.2. The summed E-state index contributed by atoms with van der Waals surface area (Å²) in [5, 5.41) is 22.1. The molecule has 0 saturated carbocycles. The highest BCUT2D eigenvalue weighted by molar-refractivity contribution is 7.17. The number of fused-ring (bicyclic) bond motifs is 1. The zero-order valence-corrected chi connectivity index (χ0v) is 8.40. The van der Waals surface area contributed by atoms with E-state index < -0.39 is 4.92 Å². The molecule has 4 nitrogen and oxygen atoms in total. The Morgan fingerprint density at radius 3 is 3.00 bits per heavy atom. The lowest BCUT2D eigenvalue weighted by Crippen LogP contribution is -1.81. The van der Waals surface area contributed by atoms with Crippen molar-refractivity contribution < 1.29 is 10.0 Å². The van der Waals surface area contributed by atoms with Crippen molar-refractivity contribution in [2.45, 2.75) is 0 Å². The van der Waals surface area contributed by atoms with E-state index in [0.717, 1.165) is 21.8 Å². The Labute approximate surface area is 89.2 Å². The molecule has 0 saturated heterocycles. The van der Waals surface area contributed by atoms with Crippen molar-refractivity contribution >= 4 is 27.5 Å². The molecule has 0 aliphatic rings. The van der Waals surface area contributed by atoms with Gasteiger partial charge in [-0.25, -0.2) is 0 Å². The maximum absolute atomic E-state index is 10.2. The SMILES string of the molecule is O=[N+]([O-])/C=C/c1csc2ccc(O)cc12. The van der Waals surface area contributed by atoms with Gasteiger partial charge in [-0.2, -0.15) is 0 Å². The van der Waals surface area contributed by atoms with Gasteiger partial charge >= 0.3 is 0 Å². The third-order valence-electron chi connectivity index (χ3n) is 1.96. The van der Waals surface area contributed by atoms with Gasteiger partial charge < -0.3 is 5.11 Å². The minimum Gasteiger partial charge on any atom is -0.508 e. The summed E-state index contributed by atoms with van der Waals surface area (Å²) in [5.74, 6) is 0.164. The molecule has 5 heteroatoms. The molecule has 0 fully saturated rings. The van der Waals surface area contributed by atoms with Crippen molar-refractivity contribution in [1.82, 2.24) is 0 Å². The van der Waals surface area contributed by atoms with E-state index in [9.17, 15) is 15.2 Å². The standard InChI is InChI=1S/C10H7NO3S/c12-8-1-2-10-9(5-8)7(6-15-10)3-4-11(13)14/h1-6,12H/b4-3+. The molecule has 0 unspecified atom stereocenters. The van der Waals surface area contributed by atoms with Crippen LogP contribution in [0.15, 0.2) is 29.8 Å². The van der Waals surface area contributed by atoms with Crippen LogP contribution in [-0.2, 0) is 0 Å². The summed E-state index contributed by atoms with van der Waals surface area (Å²) in [6, 6.07) is 4.99. The first-order valence-electron chi connectivity index (χ1n) is 4.19. The van der Waals surface area contributed by atoms with Crippen LogP contribution in [0.3, 0.4) is 0 Å². The van der Waals surface area contributed by atoms with E-state index in [1.54, 1.807) is 18.2 Å². The second-order valence-electron chi connectivity index (χ2n) is 2.97. The summed E-state index contributed by atoms with van der Waals surface area (Å²) in [4.78, 5) is 9.66. The minimum atomic E-state index is -0.508. The quantitative estimate of drug-likeness (QED) is 0.626. The number of thiophene rings is 1. The number of benzene rings is 1. The monoisotopic (exact) mass is 221 g/mol. The zero-order chi connectivity index (χ0) is 10.8. The van der Waals surface area contributed by atoms with Crippen LogP contribution in [0.5, 0.6) is 5.75 Å². The number of phenolic OH excluding ortho intramolecular Hbond substituents is 1. The lowest BCUT2D eigenvalue weighted by Gasteiger charge is -1.92. The Morgan fingerprint density at radius 1 is 1.47 bits per heavy atom. The largest absolute Gasteiger partial charge is 0.508 e. The van der Waals surface area contributed by atoms with Crippen molar-refractivity contribution in [3.8, 4) is 5.75 Å². The first kappa shape index (κ1) is 9.67. The Balaban J connectivity index is 2.52. The lowest BCUT2D eigenvalue weighted by molar-refractivity contribution is -0.400. The van der Waals surface area contributed by atoms with E-state index in [1.165, 1.54) is 17.4 Å². The number of phenols is 1. The van der Waals surface area contributed by atoms with Gasteiger partial charge in [0.15, 0.2) is 0 Å². The van der Waals surface area contributed by atoms with Gasteiger partial charge in [-0.05, 0) is 29.1 Å². The highest BCUT2D eigenvalue weighted by Gasteiger charge is 2.03. The van der Waals surface area contributed by atoms with Crippen molar-refractivity contribution in [3.63, 3.8) is 0 Å². The zero-order valence-electron chi connectivity index (χ0n) is 7.58. The second kappa shape index (κ2) is 3.70. The predicted octanol–water partition coefficient (Wildman–Crippen LogP) is 2.85. The number of hydrogen-bond acceptors (Lipinski definition) is 4. The average Bonchev–Trinajstić information content (AvgIpc) is 2.57. The first-order chi connectivity index (χ1) is 7.16. The van der Waals surface area contributed by atoms with Crippen molar-refractivity contribution in [3.05, 3.63) is 45.5 Å². The van der Waals surface area contributed by atoms with Gasteiger partial charge in [-0.15, -0.1) is 11.3 Å². The molecule has 1 aromatic heterocycles. The fourth-order valence-electron chi connectivity index (χ4n) is 1.31. The van der Waals surface area contributed by atoms with Gasteiger partial charge in [-0.1, -0.05) is 0 Å². The molecule has 1 aromatic carbocycles. The van der Waals surface area contributed by atoms with Crippen LogP contribution in [-0.4, -0.2) is 10.0 Å². The third-order valence-corrected chi connectivity index (χ3v) is 2.94. The normalized spacial score (nSPS) is 11.2. The van der Waals surface area contributed by atoms with E-state index in [0.29, 0.717) is 0 Å². The molecule has 1 N–H and O–H groups in total.